The van der Waals surface area contributed by atoms with Crippen LogP contribution in [0.25, 0.3) is 10.9 Å². The molecule has 0 spiro atoms. The maximum atomic E-state index is 12.6. The van der Waals surface area contributed by atoms with Gasteiger partial charge in [0, 0.05) is 25.6 Å². The molecule has 2 N–H and O–H groups in total. The number of likely N-dealkylation sites (N-methyl/N-ethyl adjacent to an activating group) is 1. The van der Waals surface area contributed by atoms with Gasteiger partial charge in [-0.15, -0.1) is 0 Å². The van der Waals surface area contributed by atoms with Gasteiger partial charge < -0.3 is 10.3 Å². The van der Waals surface area contributed by atoms with E-state index in [-0.39, 0.29) is 11.5 Å². The van der Waals surface area contributed by atoms with E-state index in [1.165, 1.54) is 12.8 Å². The van der Waals surface area contributed by atoms with E-state index < -0.39 is 0 Å². The molecule has 1 unspecified atom stereocenters. The van der Waals surface area contributed by atoms with E-state index in [1.54, 1.807) is 4.57 Å². The van der Waals surface area contributed by atoms with Crippen LogP contribution >= 0.6 is 12.2 Å². The van der Waals surface area contributed by atoms with Gasteiger partial charge in [-0.05, 0) is 63.1 Å². The molecule has 2 aromatic rings. The summed E-state index contributed by atoms with van der Waals surface area (Å²) in [4.78, 5) is 30.2. The molecule has 1 aromatic heterocycles. The summed E-state index contributed by atoms with van der Waals surface area (Å²) < 4.78 is 2.08. The number of carbonyl (C=O) groups excluding carboxylic acids is 1. The van der Waals surface area contributed by atoms with Gasteiger partial charge in [0.2, 0.25) is 5.91 Å². The highest BCUT2D eigenvalue weighted by Gasteiger charge is 2.22. The second-order valence-corrected chi connectivity index (χ2v) is 7.86. The summed E-state index contributed by atoms with van der Waals surface area (Å²) in [5.41, 5.74) is 0.725. The van der Waals surface area contributed by atoms with Crippen molar-refractivity contribution >= 4 is 29.0 Å². The van der Waals surface area contributed by atoms with Crippen molar-refractivity contribution in [2.75, 3.05) is 19.6 Å². The molecule has 1 amide bonds. The smallest absolute Gasteiger partial charge is 0.262 e. The standard InChI is InChI=1S/C21H30N4O2S/c1-2-24-13-8-9-16(24)15-22-19(26)12-4-3-7-14-25-20(27)17-10-5-6-11-18(17)23-21(25)28/h5-6,10-11,16H,2-4,7-9,12-15H2,1H3,(H,22,26)(H,23,28). The van der Waals surface area contributed by atoms with Crippen LogP contribution in [0.3, 0.4) is 0 Å². The molecule has 1 aromatic carbocycles. The van der Waals surface area contributed by atoms with Crippen LogP contribution < -0.4 is 10.9 Å². The van der Waals surface area contributed by atoms with Gasteiger partial charge in [0.25, 0.3) is 5.56 Å². The molecule has 1 atom stereocenters. The number of aromatic nitrogens is 2. The molecular weight excluding hydrogens is 372 g/mol. The molecular formula is C21H30N4O2S. The number of hydrogen-bond acceptors (Lipinski definition) is 4. The van der Waals surface area contributed by atoms with Crippen LogP contribution in [0.2, 0.25) is 0 Å². The number of hydrogen-bond donors (Lipinski definition) is 2. The zero-order chi connectivity index (χ0) is 19.9. The van der Waals surface area contributed by atoms with Crippen molar-refractivity contribution in [1.29, 1.82) is 0 Å². The fourth-order valence-electron chi connectivity index (χ4n) is 4.00. The predicted octanol–water partition coefficient (Wildman–Crippen LogP) is 3.22. The van der Waals surface area contributed by atoms with Crippen molar-refractivity contribution in [3.05, 3.63) is 39.4 Å². The van der Waals surface area contributed by atoms with Gasteiger partial charge in [-0.1, -0.05) is 25.5 Å². The predicted molar refractivity (Wildman–Crippen MR) is 115 cm³/mol. The number of carbonyl (C=O) groups is 1. The Balaban J connectivity index is 1.40. The van der Waals surface area contributed by atoms with Gasteiger partial charge in [-0.25, -0.2) is 0 Å². The molecule has 2 heterocycles. The normalized spacial score (nSPS) is 17.2. The van der Waals surface area contributed by atoms with E-state index >= 15 is 0 Å². The summed E-state index contributed by atoms with van der Waals surface area (Å²) in [6, 6.07) is 7.91. The Morgan fingerprint density at radius 3 is 2.93 bits per heavy atom. The molecule has 3 rings (SSSR count). The van der Waals surface area contributed by atoms with Gasteiger partial charge in [-0.3, -0.25) is 19.1 Å². The number of benzene rings is 1. The lowest BCUT2D eigenvalue weighted by Crippen LogP contribution is -2.39. The molecule has 6 nitrogen and oxygen atoms in total. The summed E-state index contributed by atoms with van der Waals surface area (Å²) in [6.07, 6.45) is 5.49. The van der Waals surface area contributed by atoms with Gasteiger partial charge in [0.15, 0.2) is 4.77 Å². The van der Waals surface area contributed by atoms with Crippen LogP contribution in [0.15, 0.2) is 29.1 Å². The zero-order valence-electron chi connectivity index (χ0n) is 16.6. The van der Waals surface area contributed by atoms with E-state index in [9.17, 15) is 9.59 Å². The van der Waals surface area contributed by atoms with Crippen molar-refractivity contribution in [2.24, 2.45) is 0 Å². The Labute approximate surface area is 170 Å². The number of nitrogens with zero attached hydrogens (tertiary/aromatic N) is 2. The number of unbranched alkanes of at least 4 members (excludes halogenated alkanes) is 2. The van der Waals surface area contributed by atoms with Crippen molar-refractivity contribution < 1.29 is 4.79 Å². The van der Waals surface area contributed by atoms with Crippen LogP contribution in [-0.4, -0.2) is 46.0 Å². The number of fused-ring (bicyclic) bond motifs is 1. The number of nitrogens with one attached hydrogen (secondary N) is 2. The average Bonchev–Trinajstić information content (AvgIpc) is 3.16. The van der Waals surface area contributed by atoms with Crippen molar-refractivity contribution in [1.82, 2.24) is 19.8 Å². The Morgan fingerprint density at radius 2 is 2.11 bits per heavy atom. The lowest BCUT2D eigenvalue weighted by atomic mass is 10.1. The molecule has 0 radical (unpaired) electrons. The van der Waals surface area contributed by atoms with Crippen LogP contribution in [-0.2, 0) is 11.3 Å². The van der Waals surface area contributed by atoms with Crippen LogP contribution in [0.4, 0.5) is 0 Å². The minimum Gasteiger partial charge on any atom is -0.355 e. The minimum absolute atomic E-state index is 0.0471. The first-order valence-electron chi connectivity index (χ1n) is 10.3. The molecule has 1 saturated heterocycles. The van der Waals surface area contributed by atoms with E-state index in [1.807, 2.05) is 24.3 Å². The summed E-state index contributed by atoms with van der Waals surface area (Å²) >= 11 is 5.33. The maximum Gasteiger partial charge on any atom is 0.262 e. The molecule has 0 saturated carbocycles. The third-order valence-corrected chi connectivity index (χ3v) is 5.94. The lowest BCUT2D eigenvalue weighted by molar-refractivity contribution is -0.121. The highest BCUT2D eigenvalue weighted by atomic mass is 32.1. The second-order valence-electron chi connectivity index (χ2n) is 7.47. The zero-order valence-corrected chi connectivity index (χ0v) is 17.4. The fourth-order valence-corrected chi connectivity index (χ4v) is 4.28. The third-order valence-electron chi connectivity index (χ3n) is 5.62. The molecule has 1 fully saturated rings. The number of rotatable bonds is 9. The van der Waals surface area contributed by atoms with Gasteiger partial charge in [0.05, 0.1) is 10.9 Å². The van der Waals surface area contributed by atoms with Gasteiger partial charge in [-0.2, -0.15) is 0 Å². The van der Waals surface area contributed by atoms with Crippen molar-refractivity contribution in [3.63, 3.8) is 0 Å². The molecule has 1 aliphatic heterocycles. The lowest BCUT2D eigenvalue weighted by Gasteiger charge is -2.22. The number of amides is 1. The van der Waals surface area contributed by atoms with Gasteiger partial charge >= 0.3 is 0 Å². The summed E-state index contributed by atoms with van der Waals surface area (Å²) in [7, 11) is 0. The quantitative estimate of drug-likeness (QED) is 0.499. The topological polar surface area (TPSA) is 70.1 Å². The van der Waals surface area contributed by atoms with Crippen LogP contribution in [0, 0.1) is 4.77 Å². The number of likely N-dealkylation sites (tertiary alicyclic amines) is 1. The van der Waals surface area contributed by atoms with Crippen molar-refractivity contribution in [3.8, 4) is 0 Å². The van der Waals surface area contributed by atoms with E-state index in [0.717, 1.165) is 44.4 Å². The van der Waals surface area contributed by atoms with Crippen LogP contribution in [0.5, 0.6) is 0 Å². The molecule has 7 heteroatoms. The monoisotopic (exact) mass is 402 g/mol. The maximum absolute atomic E-state index is 12.6. The van der Waals surface area contributed by atoms with Crippen molar-refractivity contribution in [2.45, 2.75) is 58.0 Å². The number of aromatic amines is 1. The molecule has 152 valence electrons. The SMILES string of the molecule is CCN1CCCC1CNC(=O)CCCCCn1c(=S)[nH]c2ccccc2c1=O. The second kappa shape index (κ2) is 9.98. The van der Waals surface area contributed by atoms with Crippen LogP contribution in [0.1, 0.15) is 45.4 Å². The Bertz CT molecular complexity index is 920. The molecule has 0 bridgehead atoms. The minimum atomic E-state index is -0.0471. The first-order chi connectivity index (χ1) is 13.6. The Kier molecular flexibility index (Phi) is 7.39. The highest BCUT2D eigenvalue weighted by Crippen LogP contribution is 2.15. The van der Waals surface area contributed by atoms with E-state index in [4.69, 9.17) is 12.2 Å². The fraction of sp³-hybridized carbons (Fsp3) is 0.571. The third kappa shape index (κ3) is 5.08. The average molecular weight is 403 g/mol. The van der Waals surface area contributed by atoms with E-state index in [0.29, 0.717) is 29.2 Å². The molecule has 0 aliphatic carbocycles. The summed E-state index contributed by atoms with van der Waals surface area (Å²) in [6.45, 7) is 5.71. The number of H-pyrrole nitrogens is 1. The molecule has 28 heavy (non-hydrogen) atoms. The summed E-state index contributed by atoms with van der Waals surface area (Å²) in [5.74, 6) is 0.128. The van der Waals surface area contributed by atoms with Gasteiger partial charge in [0.1, 0.15) is 0 Å². The van der Waals surface area contributed by atoms with E-state index in [2.05, 4.69) is 22.1 Å². The summed E-state index contributed by atoms with van der Waals surface area (Å²) in [5, 5.41) is 3.73. The molecule has 1 aliphatic rings. The number of para-hydroxylation sites is 1. The Morgan fingerprint density at radius 1 is 1.29 bits per heavy atom. The Hall–Kier alpha value is -1.99. The first-order valence-corrected chi connectivity index (χ1v) is 10.7. The highest BCUT2D eigenvalue weighted by molar-refractivity contribution is 7.71. The largest absolute Gasteiger partial charge is 0.355 e. The first kappa shape index (κ1) is 20.7.